The summed E-state index contributed by atoms with van der Waals surface area (Å²) in [6.45, 7) is 0. The molecule has 0 saturated carbocycles. The van der Waals surface area contributed by atoms with Crippen LogP contribution in [0.2, 0.25) is 0 Å². The summed E-state index contributed by atoms with van der Waals surface area (Å²) in [7, 11) is 0. The van der Waals surface area contributed by atoms with Crippen molar-refractivity contribution >= 4 is 11.6 Å². The Morgan fingerprint density at radius 3 is 2.85 bits per heavy atom. The molecule has 0 unspecified atom stereocenters. The van der Waals surface area contributed by atoms with Gasteiger partial charge in [0.05, 0.1) is 17.4 Å². The first-order valence-electron chi connectivity index (χ1n) is 6.26. The summed E-state index contributed by atoms with van der Waals surface area (Å²) in [5.74, 6) is -0.330. The Bertz CT molecular complexity index is 629. The van der Waals surface area contributed by atoms with Crippen LogP contribution in [0, 0.1) is 21.4 Å². The summed E-state index contributed by atoms with van der Waals surface area (Å²) in [5.41, 5.74) is 1.55. The number of nitriles is 1. The minimum Gasteiger partial charge on any atom is -0.328 e. The van der Waals surface area contributed by atoms with Crippen LogP contribution < -0.4 is 5.32 Å². The number of nitro benzene ring substituents is 1. The number of amides is 1. The van der Waals surface area contributed by atoms with Crippen LogP contribution in [0.3, 0.4) is 0 Å². The highest BCUT2D eigenvalue weighted by Gasteiger charge is 2.19. The fraction of sp³-hybridized carbons (Fsp3) is 0.286. The van der Waals surface area contributed by atoms with Crippen LogP contribution in [0.15, 0.2) is 35.5 Å². The number of carbonyl (C=O) groups excluding carboxylic acids is 1. The minimum atomic E-state index is -0.502. The summed E-state index contributed by atoms with van der Waals surface area (Å²) in [5, 5.41) is 22.5. The smallest absolute Gasteiger partial charge is 0.273 e. The van der Waals surface area contributed by atoms with E-state index in [-0.39, 0.29) is 18.0 Å². The van der Waals surface area contributed by atoms with E-state index in [2.05, 4.69) is 11.4 Å². The minimum absolute atomic E-state index is 0.0661. The zero-order valence-corrected chi connectivity index (χ0v) is 10.8. The Morgan fingerprint density at radius 2 is 2.15 bits per heavy atom. The van der Waals surface area contributed by atoms with E-state index in [0.717, 1.165) is 6.42 Å². The molecule has 0 bridgehead atoms. The van der Waals surface area contributed by atoms with E-state index in [1.165, 1.54) is 6.07 Å². The first-order valence-corrected chi connectivity index (χ1v) is 6.26. The molecule has 1 aromatic rings. The lowest BCUT2D eigenvalue weighted by atomic mass is 10.1. The monoisotopic (exact) mass is 271 g/mol. The van der Waals surface area contributed by atoms with Crippen molar-refractivity contribution in [3.63, 3.8) is 0 Å². The topological polar surface area (TPSA) is 96.0 Å². The Kier molecular flexibility index (Phi) is 4.11. The van der Waals surface area contributed by atoms with E-state index in [1.54, 1.807) is 18.2 Å². The zero-order valence-electron chi connectivity index (χ0n) is 10.8. The van der Waals surface area contributed by atoms with E-state index < -0.39 is 4.92 Å². The molecule has 1 aromatic carbocycles. The van der Waals surface area contributed by atoms with Crippen LogP contribution in [-0.4, -0.2) is 10.8 Å². The van der Waals surface area contributed by atoms with Gasteiger partial charge in [-0.1, -0.05) is 18.2 Å². The number of carbonyl (C=O) groups is 1. The molecule has 0 spiro atoms. The van der Waals surface area contributed by atoms with E-state index in [9.17, 15) is 14.9 Å². The van der Waals surface area contributed by atoms with Gasteiger partial charge < -0.3 is 5.32 Å². The second-order valence-corrected chi connectivity index (χ2v) is 4.53. The molecule has 20 heavy (non-hydrogen) atoms. The Balaban J connectivity index is 2.10. The van der Waals surface area contributed by atoms with Gasteiger partial charge in [-0.15, -0.1) is 0 Å². The molecule has 2 rings (SSSR count). The highest BCUT2D eigenvalue weighted by molar-refractivity contribution is 5.81. The summed E-state index contributed by atoms with van der Waals surface area (Å²) in [6.07, 6.45) is 2.13. The molecule has 1 amide bonds. The van der Waals surface area contributed by atoms with Crippen LogP contribution in [0.25, 0.3) is 0 Å². The molecule has 0 radical (unpaired) electrons. The molecule has 1 aliphatic rings. The number of rotatable bonds is 4. The maximum Gasteiger partial charge on any atom is 0.273 e. The zero-order chi connectivity index (χ0) is 14.5. The quantitative estimate of drug-likeness (QED) is 0.670. The third-order valence-corrected chi connectivity index (χ3v) is 3.18. The van der Waals surface area contributed by atoms with Crippen molar-refractivity contribution in [2.45, 2.75) is 25.7 Å². The van der Waals surface area contributed by atoms with Crippen molar-refractivity contribution in [3.8, 4) is 6.07 Å². The fourth-order valence-corrected chi connectivity index (χ4v) is 2.23. The molecule has 1 N–H and O–H groups in total. The normalized spacial score (nSPS) is 13.9. The molecule has 102 valence electrons. The average molecular weight is 271 g/mol. The number of hydrogen-bond acceptors (Lipinski definition) is 4. The summed E-state index contributed by atoms with van der Waals surface area (Å²) < 4.78 is 0. The molecule has 0 aliphatic heterocycles. The van der Waals surface area contributed by atoms with Crippen LogP contribution in [0.1, 0.15) is 24.8 Å². The van der Waals surface area contributed by atoms with Crippen molar-refractivity contribution in [2.24, 2.45) is 0 Å². The summed E-state index contributed by atoms with van der Waals surface area (Å²) in [6, 6.07) is 8.22. The molecule has 1 aliphatic carbocycles. The highest BCUT2D eigenvalue weighted by Crippen LogP contribution is 2.23. The molecule has 6 nitrogen and oxygen atoms in total. The lowest BCUT2D eigenvalue weighted by molar-refractivity contribution is -0.385. The number of benzene rings is 1. The number of nitro groups is 1. The molecule has 0 fully saturated rings. The number of para-hydroxylation sites is 1. The largest absolute Gasteiger partial charge is 0.328 e. The van der Waals surface area contributed by atoms with E-state index in [1.807, 2.05) is 0 Å². The molecular formula is C14H13N3O3. The number of nitrogens with one attached hydrogen (secondary N) is 1. The standard InChI is InChI=1S/C14H13N3O3/c15-9-11-5-3-6-12(11)16-14(18)8-10-4-1-2-7-13(10)17(19)20/h1-2,4,7H,3,5-6,8H2,(H,16,18). The van der Waals surface area contributed by atoms with Gasteiger partial charge in [-0.25, -0.2) is 0 Å². The van der Waals surface area contributed by atoms with Gasteiger partial charge in [-0.3, -0.25) is 14.9 Å². The van der Waals surface area contributed by atoms with E-state index >= 15 is 0 Å². The number of hydrogen-bond donors (Lipinski definition) is 1. The maximum absolute atomic E-state index is 11.9. The predicted octanol–water partition coefficient (Wildman–Crippen LogP) is 2.22. The van der Waals surface area contributed by atoms with Gasteiger partial charge in [0.25, 0.3) is 5.69 Å². The van der Waals surface area contributed by atoms with Crippen LogP contribution in [0.4, 0.5) is 5.69 Å². The van der Waals surface area contributed by atoms with Crippen molar-refractivity contribution in [1.82, 2.24) is 5.32 Å². The number of nitrogens with zero attached hydrogens (tertiary/aromatic N) is 2. The lowest BCUT2D eigenvalue weighted by Gasteiger charge is -2.07. The first-order chi connectivity index (χ1) is 9.61. The Hall–Kier alpha value is -2.68. The summed E-state index contributed by atoms with van der Waals surface area (Å²) in [4.78, 5) is 22.3. The highest BCUT2D eigenvalue weighted by atomic mass is 16.6. The van der Waals surface area contributed by atoms with Crippen molar-refractivity contribution in [3.05, 3.63) is 51.2 Å². The Morgan fingerprint density at radius 1 is 1.40 bits per heavy atom. The first kappa shape index (κ1) is 13.7. The van der Waals surface area contributed by atoms with Gasteiger partial charge in [0.15, 0.2) is 0 Å². The molecule has 0 heterocycles. The summed E-state index contributed by atoms with van der Waals surface area (Å²) >= 11 is 0. The van der Waals surface area contributed by atoms with Crippen molar-refractivity contribution in [1.29, 1.82) is 5.26 Å². The van der Waals surface area contributed by atoms with Gasteiger partial charge in [0, 0.05) is 22.9 Å². The van der Waals surface area contributed by atoms with Crippen LogP contribution in [-0.2, 0) is 11.2 Å². The SMILES string of the molecule is N#CC1=C(NC(=O)Cc2ccccc2[N+](=O)[O-])CCC1. The maximum atomic E-state index is 11.9. The van der Waals surface area contributed by atoms with Gasteiger partial charge in [-0.2, -0.15) is 5.26 Å². The molecule has 0 atom stereocenters. The average Bonchev–Trinajstić information content (AvgIpc) is 2.86. The third kappa shape index (κ3) is 3.01. The van der Waals surface area contributed by atoms with Crippen molar-refractivity contribution in [2.75, 3.05) is 0 Å². The van der Waals surface area contributed by atoms with E-state index in [4.69, 9.17) is 5.26 Å². The molecule has 6 heteroatoms. The van der Waals surface area contributed by atoms with Gasteiger partial charge in [-0.05, 0) is 19.3 Å². The van der Waals surface area contributed by atoms with Gasteiger partial charge in [0.1, 0.15) is 0 Å². The second-order valence-electron chi connectivity index (χ2n) is 4.53. The Labute approximate surface area is 115 Å². The third-order valence-electron chi connectivity index (χ3n) is 3.18. The molecular weight excluding hydrogens is 258 g/mol. The predicted molar refractivity (Wildman–Crippen MR) is 71.4 cm³/mol. The van der Waals surface area contributed by atoms with Crippen molar-refractivity contribution < 1.29 is 9.72 Å². The molecule has 0 saturated heterocycles. The number of allylic oxidation sites excluding steroid dienone is 2. The second kappa shape index (κ2) is 5.97. The van der Waals surface area contributed by atoms with E-state index in [0.29, 0.717) is 29.7 Å². The lowest BCUT2D eigenvalue weighted by Crippen LogP contribution is -2.24. The molecule has 0 aromatic heterocycles. The van der Waals surface area contributed by atoms with Crippen LogP contribution >= 0.6 is 0 Å². The van der Waals surface area contributed by atoms with Crippen LogP contribution in [0.5, 0.6) is 0 Å². The van der Waals surface area contributed by atoms with Gasteiger partial charge in [0.2, 0.25) is 5.91 Å². The fourth-order valence-electron chi connectivity index (χ4n) is 2.23. The van der Waals surface area contributed by atoms with Gasteiger partial charge >= 0.3 is 0 Å².